The van der Waals surface area contributed by atoms with Crippen molar-refractivity contribution in [3.8, 4) is 5.75 Å². The van der Waals surface area contributed by atoms with E-state index in [0.717, 1.165) is 21.9 Å². The molecule has 3 aromatic carbocycles. The van der Waals surface area contributed by atoms with E-state index in [1.807, 2.05) is 36.4 Å². The van der Waals surface area contributed by atoms with Crippen molar-refractivity contribution in [3.63, 3.8) is 0 Å². The highest BCUT2D eigenvalue weighted by atomic mass is 79.9. The maximum absolute atomic E-state index is 12.2. The molecule has 0 atom stereocenters. The van der Waals surface area contributed by atoms with E-state index in [9.17, 15) is 9.90 Å². The van der Waals surface area contributed by atoms with Crippen LogP contribution in [0, 0.1) is 6.92 Å². The molecule has 0 fully saturated rings. The van der Waals surface area contributed by atoms with Crippen LogP contribution in [0.25, 0.3) is 10.8 Å². The lowest BCUT2D eigenvalue weighted by atomic mass is 10.1. The van der Waals surface area contributed by atoms with Crippen LogP contribution >= 0.6 is 15.9 Å². The lowest BCUT2D eigenvalue weighted by Crippen LogP contribution is -2.17. The van der Waals surface area contributed by atoms with Gasteiger partial charge in [-0.1, -0.05) is 30.3 Å². The molecule has 24 heavy (non-hydrogen) atoms. The maximum atomic E-state index is 12.2. The Bertz CT molecular complexity index is 928. The third-order valence-electron chi connectivity index (χ3n) is 3.67. The lowest BCUT2D eigenvalue weighted by molar-refractivity contribution is 0.0955. The number of hydrazone groups is 1. The number of carbonyl (C=O) groups excluding carboxylic acids is 1. The third kappa shape index (κ3) is 3.46. The molecule has 0 aliphatic carbocycles. The zero-order valence-electron chi connectivity index (χ0n) is 13.0. The Hall–Kier alpha value is -2.66. The molecule has 2 N–H and O–H groups in total. The molecule has 5 heteroatoms. The standard InChI is InChI=1S/C19H15BrN2O2/c1-12-8-13(9-17(20)18(12)23)11-21-22-19(24)16-7-6-14-4-2-3-5-15(14)10-16/h2-11,23H,1H3,(H,22,24)/b21-11+. The molecule has 3 aromatic rings. The van der Waals surface area contributed by atoms with E-state index in [0.29, 0.717) is 10.0 Å². The summed E-state index contributed by atoms with van der Waals surface area (Å²) in [6, 6.07) is 16.9. The molecular formula is C19H15BrN2O2. The first-order valence-electron chi connectivity index (χ1n) is 7.36. The molecule has 0 aliphatic heterocycles. The summed E-state index contributed by atoms with van der Waals surface area (Å²) in [5.74, 6) is -0.0704. The number of aromatic hydroxyl groups is 1. The normalized spacial score (nSPS) is 11.1. The van der Waals surface area contributed by atoms with Crippen LogP contribution in [-0.2, 0) is 0 Å². The van der Waals surface area contributed by atoms with Gasteiger partial charge in [-0.15, -0.1) is 0 Å². The van der Waals surface area contributed by atoms with Gasteiger partial charge in [0.15, 0.2) is 0 Å². The Morgan fingerprint density at radius 2 is 1.88 bits per heavy atom. The lowest BCUT2D eigenvalue weighted by Gasteiger charge is -2.04. The van der Waals surface area contributed by atoms with Crippen LogP contribution < -0.4 is 5.43 Å². The number of benzene rings is 3. The summed E-state index contributed by atoms with van der Waals surface area (Å²) < 4.78 is 0.588. The van der Waals surface area contributed by atoms with Gasteiger partial charge in [-0.25, -0.2) is 5.43 Å². The smallest absolute Gasteiger partial charge is 0.271 e. The van der Waals surface area contributed by atoms with Crippen LogP contribution in [-0.4, -0.2) is 17.2 Å². The Kier molecular flexibility index (Phi) is 4.62. The molecular weight excluding hydrogens is 368 g/mol. The van der Waals surface area contributed by atoms with E-state index in [-0.39, 0.29) is 11.7 Å². The van der Waals surface area contributed by atoms with Gasteiger partial charge in [0, 0.05) is 5.56 Å². The summed E-state index contributed by atoms with van der Waals surface area (Å²) >= 11 is 3.28. The molecule has 0 saturated heterocycles. The number of nitrogens with zero attached hydrogens (tertiary/aromatic N) is 1. The van der Waals surface area contributed by atoms with Crippen molar-refractivity contribution in [3.05, 3.63) is 75.8 Å². The minimum Gasteiger partial charge on any atom is -0.506 e. The highest BCUT2D eigenvalue weighted by Crippen LogP contribution is 2.28. The van der Waals surface area contributed by atoms with Gasteiger partial charge in [-0.2, -0.15) is 5.10 Å². The van der Waals surface area contributed by atoms with Crippen molar-refractivity contribution in [1.29, 1.82) is 0 Å². The number of phenols is 1. The van der Waals surface area contributed by atoms with Gasteiger partial charge in [0.2, 0.25) is 0 Å². The quantitative estimate of drug-likeness (QED) is 0.521. The van der Waals surface area contributed by atoms with E-state index in [4.69, 9.17) is 0 Å². The molecule has 4 nitrogen and oxygen atoms in total. The number of aryl methyl sites for hydroxylation is 1. The van der Waals surface area contributed by atoms with Gasteiger partial charge >= 0.3 is 0 Å². The predicted octanol–water partition coefficient (Wildman–Crippen LogP) is 4.38. The van der Waals surface area contributed by atoms with E-state index in [1.54, 1.807) is 25.1 Å². The maximum Gasteiger partial charge on any atom is 0.271 e. The Morgan fingerprint density at radius 3 is 2.62 bits per heavy atom. The Balaban J connectivity index is 1.74. The summed E-state index contributed by atoms with van der Waals surface area (Å²) in [5.41, 5.74) is 4.57. The van der Waals surface area contributed by atoms with Gasteiger partial charge < -0.3 is 5.11 Å². The van der Waals surface area contributed by atoms with E-state index < -0.39 is 0 Å². The summed E-state index contributed by atoms with van der Waals surface area (Å²) in [4.78, 5) is 12.2. The fraction of sp³-hybridized carbons (Fsp3) is 0.0526. The fourth-order valence-corrected chi connectivity index (χ4v) is 2.98. The number of hydrogen-bond donors (Lipinski definition) is 2. The average Bonchev–Trinajstić information content (AvgIpc) is 2.59. The van der Waals surface area contributed by atoms with Crippen LogP contribution in [0.4, 0.5) is 0 Å². The van der Waals surface area contributed by atoms with Gasteiger partial charge in [0.1, 0.15) is 5.75 Å². The molecule has 0 radical (unpaired) electrons. The fourth-order valence-electron chi connectivity index (χ4n) is 2.40. The first-order chi connectivity index (χ1) is 11.5. The molecule has 0 spiro atoms. The van der Waals surface area contributed by atoms with Crippen LogP contribution in [0.1, 0.15) is 21.5 Å². The van der Waals surface area contributed by atoms with Crippen molar-refractivity contribution in [2.24, 2.45) is 5.10 Å². The van der Waals surface area contributed by atoms with Crippen LogP contribution in [0.15, 0.2) is 64.2 Å². The first-order valence-corrected chi connectivity index (χ1v) is 8.15. The average molecular weight is 383 g/mol. The van der Waals surface area contributed by atoms with E-state index >= 15 is 0 Å². The number of halogens is 1. The number of phenolic OH excluding ortho intramolecular Hbond substituents is 1. The highest BCUT2D eigenvalue weighted by molar-refractivity contribution is 9.10. The topological polar surface area (TPSA) is 61.7 Å². The summed E-state index contributed by atoms with van der Waals surface area (Å²) in [6.45, 7) is 1.80. The number of rotatable bonds is 3. The molecule has 3 rings (SSSR count). The van der Waals surface area contributed by atoms with Crippen LogP contribution in [0.3, 0.4) is 0 Å². The summed E-state index contributed by atoms with van der Waals surface area (Å²) in [7, 11) is 0. The number of fused-ring (bicyclic) bond motifs is 1. The van der Waals surface area contributed by atoms with E-state index in [2.05, 4.69) is 26.5 Å². The number of nitrogens with one attached hydrogen (secondary N) is 1. The zero-order chi connectivity index (χ0) is 17.1. The zero-order valence-corrected chi connectivity index (χ0v) is 14.5. The second kappa shape index (κ2) is 6.84. The van der Waals surface area contributed by atoms with Crippen molar-refractivity contribution in [1.82, 2.24) is 5.43 Å². The molecule has 0 unspecified atom stereocenters. The Labute approximate surface area is 148 Å². The van der Waals surface area contributed by atoms with Gasteiger partial charge in [-0.05, 0) is 69.0 Å². The van der Waals surface area contributed by atoms with Crippen molar-refractivity contribution in [2.45, 2.75) is 6.92 Å². The van der Waals surface area contributed by atoms with Crippen LogP contribution in [0.2, 0.25) is 0 Å². The number of amides is 1. The molecule has 0 bridgehead atoms. The second-order valence-corrected chi connectivity index (χ2v) is 6.28. The molecule has 0 saturated carbocycles. The van der Waals surface area contributed by atoms with Crippen molar-refractivity contribution in [2.75, 3.05) is 0 Å². The van der Waals surface area contributed by atoms with E-state index in [1.165, 1.54) is 6.21 Å². The van der Waals surface area contributed by atoms with Crippen molar-refractivity contribution < 1.29 is 9.90 Å². The second-order valence-electron chi connectivity index (χ2n) is 5.43. The largest absolute Gasteiger partial charge is 0.506 e. The highest BCUT2D eigenvalue weighted by Gasteiger charge is 2.06. The summed E-state index contributed by atoms with van der Waals surface area (Å²) in [5, 5.41) is 15.8. The van der Waals surface area contributed by atoms with Crippen molar-refractivity contribution >= 4 is 38.8 Å². The van der Waals surface area contributed by atoms with Gasteiger partial charge in [0.25, 0.3) is 5.91 Å². The minimum absolute atomic E-state index is 0.201. The van der Waals surface area contributed by atoms with Gasteiger partial charge in [-0.3, -0.25) is 4.79 Å². The number of carbonyl (C=O) groups is 1. The molecule has 1 amide bonds. The first kappa shape index (κ1) is 16.2. The number of hydrogen-bond acceptors (Lipinski definition) is 3. The monoisotopic (exact) mass is 382 g/mol. The van der Waals surface area contributed by atoms with Gasteiger partial charge in [0.05, 0.1) is 10.7 Å². The van der Waals surface area contributed by atoms with Crippen LogP contribution in [0.5, 0.6) is 5.75 Å². The minimum atomic E-state index is -0.272. The molecule has 0 heterocycles. The predicted molar refractivity (Wildman–Crippen MR) is 99.6 cm³/mol. The molecule has 0 aromatic heterocycles. The summed E-state index contributed by atoms with van der Waals surface area (Å²) in [6.07, 6.45) is 1.54. The third-order valence-corrected chi connectivity index (χ3v) is 4.27. The molecule has 120 valence electrons. The molecule has 0 aliphatic rings. The SMILES string of the molecule is Cc1cc(/C=N/NC(=O)c2ccc3ccccc3c2)cc(Br)c1O. The Morgan fingerprint density at radius 1 is 1.12 bits per heavy atom.